The maximum Gasteiger partial charge on any atom is 0.461 e. The van der Waals surface area contributed by atoms with Crippen molar-refractivity contribution in [3.63, 3.8) is 0 Å². The van der Waals surface area contributed by atoms with E-state index in [4.69, 9.17) is 0 Å². The van der Waals surface area contributed by atoms with Gasteiger partial charge in [0.25, 0.3) is 5.91 Å². The number of carbonyl (C=O) groups is 1. The van der Waals surface area contributed by atoms with E-state index < -0.39 is 30.3 Å². The molecule has 1 atom stereocenters. The Morgan fingerprint density at radius 1 is 1.15 bits per heavy atom. The van der Waals surface area contributed by atoms with Gasteiger partial charge in [-0.15, -0.1) is 0 Å². The summed E-state index contributed by atoms with van der Waals surface area (Å²) in [7, 11) is 0. The molecule has 1 heterocycles. The second-order valence-corrected chi connectivity index (χ2v) is 5.86. The molecule has 4 nitrogen and oxygen atoms in total. The Morgan fingerprint density at radius 3 is 2.54 bits per heavy atom. The monoisotopic (exact) mass is 369 g/mol. The van der Waals surface area contributed by atoms with Gasteiger partial charge >= 0.3 is 12.5 Å². The first-order valence-corrected chi connectivity index (χ1v) is 7.78. The zero-order valence-corrected chi connectivity index (χ0v) is 13.4. The lowest BCUT2D eigenvalue weighted by Crippen LogP contribution is -2.39. The van der Waals surface area contributed by atoms with Crippen molar-refractivity contribution in [2.24, 2.45) is 0 Å². The van der Waals surface area contributed by atoms with Crippen molar-refractivity contribution >= 4 is 5.91 Å². The minimum Gasteiger partial charge on any atom is -0.427 e. The van der Waals surface area contributed by atoms with E-state index in [-0.39, 0.29) is 18.7 Å². The third-order valence-corrected chi connectivity index (χ3v) is 4.07. The molecule has 2 aromatic carbocycles. The summed E-state index contributed by atoms with van der Waals surface area (Å²) in [4.78, 5) is 14.0. The van der Waals surface area contributed by atoms with Crippen LogP contribution in [0.2, 0.25) is 0 Å². The minimum atomic E-state index is -4.72. The van der Waals surface area contributed by atoms with Crippen LogP contribution in [-0.4, -0.2) is 35.0 Å². The second-order valence-electron chi connectivity index (χ2n) is 5.86. The molecular formula is C18H15F4NO3. The summed E-state index contributed by atoms with van der Waals surface area (Å²) in [5.74, 6) is -1.34. The van der Waals surface area contributed by atoms with Crippen molar-refractivity contribution in [1.29, 1.82) is 0 Å². The van der Waals surface area contributed by atoms with E-state index in [0.717, 1.165) is 11.6 Å². The van der Waals surface area contributed by atoms with Gasteiger partial charge in [-0.3, -0.25) is 4.79 Å². The van der Waals surface area contributed by atoms with Crippen molar-refractivity contribution in [3.8, 4) is 5.75 Å². The molecule has 0 bridgehead atoms. The van der Waals surface area contributed by atoms with Gasteiger partial charge in [0, 0.05) is 6.54 Å². The van der Waals surface area contributed by atoms with Crippen LogP contribution in [0.4, 0.5) is 17.6 Å². The highest BCUT2D eigenvalue weighted by Gasteiger charge is 2.44. The quantitative estimate of drug-likeness (QED) is 0.838. The number of fused-ring (bicyclic) bond motifs is 1. The van der Waals surface area contributed by atoms with E-state index in [9.17, 15) is 27.5 Å². The van der Waals surface area contributed by atoms with Crippen molar-refractivity contribution < 1.29 is 32.2 Å². The largest absolute Gasteiger partial charge is 0.461 e. The number of aliphatic hydroxyl groups is 1. The van der Waals surface area contributed by atoms with Gasteiger partial charge in [-0.25, -0.2) is 0 Å². The molecule has 1 N–H and O–H groups in total. The predicted octanol–water partition coefficient (Wildman–Crippen LogP) is 3.61. The van der Waals surface area contributed by atoms with E-state index in [2.05, 4.69) is 4.74 Å². The molecule has 0 saturated carbocycles. The molecule has 8 heteroatoms. The average molecular weight is 369 g/mol. The highest BCUT2D eigenvalue weighted by Crippen LogP contribution is 2.32. The number of halogens is 4. The van der Waals surface area contributed by atoms with Crippen molar-refractivity contribution in [1.82, 2.24) is 4.90 Å². The lowest BCUT2D eigenvalue weighted by Gasteiger charge is -2.32. The maximum atomic E-state index is 13.2. The van der Waals surface area contributed by atoms with Crippen LogP contribution in [0, 0.1) is 0 Å². The van der Waals surface area contributed by atoms with Gasteiger partial charge in [-0.05, 0) is 23.3 Å². The molecule has 1 amide bonds. The smallest absolute Gasteiger partial charge is 0.427 e. The molecule has 0 saturated heterocycles. The van der Waals surface area contributed by atoms with Crippen molar-refractivity contribution in [2.45, 2.75) is 25.2 Å². The Morgan fingerprint density at radius 2 is 1.81 bits per heavy atom. The van der Waals surface area contributed by atoms with Crippen LogP contribution < -0.4 is 4.74 Å². The van der Waals surface area contributed by atoms with Crippen LogP contribution in [0.15, 0.2) is 48.5 Å². The number of hydrogen-bond donors (Lipinski definition) is 1. The van der Waals surface area contributed by atoms with E-state index in [1.165, 1.54) is 23.1 Å². The molecule has 0 aliphatic carbocycles. The second kappa shape index (κ2) is 6.95. The fourth-order valence-electron chi connectivity index (χ4n) is 2.83. The highest BCUT2D eigenvalue weighted by molar-refractivity contribution is 5.97. The number of rotatable bonds is 4. The van der Waals surface area contributed by atoms with Crippen molar-refractivity contribution in [2.75, 3.05) is 6.54 Å². The highest BCUT2D eigenvalue weighted by atomic mass is 19.3. The lowest BCUT2D eigenvalue weighted by molar-refractivity contribution is -0.253. The number of alkyl halides is 4. The number of nitrogens with zero attached hydrogens (tertiary/aromatic N) is 1. The van der Waals surface area contributed by atoms with E-state index >= 15 is 0 Å². The number of benzene rings is 2. The Kier molecular flexibility index (Phi) is 4.86. The zero-order chi connectivity index (χ0) is 18.9. The van der Waals surface area contributed by atoms with Gasteiger partial charge in [0.1, 0.15) is 5.75 Å². The SMILES string of the molecule is O=C(c1ccccc1OC(F)(F)C(F)F)N1Cc2ccccc2C(O)C1. The third-order valence-electron chi connectivity index (χ3n) is 4.07. The Hall–Kier alpha value is -2.61. The molecule has 1 aliphatic heterocycles. The molecular weight excluding hydrogens is 354 g/mol. The number of β-amino-alcohol motifs (C(OH)–C–C–N with tert-alkyl or cyclic N) is 1. The maximum absolute atomic E-state index is 13.2. The van der Waals surface area contributed by atoms with Crippen LogP contribution in [0.3, 0.4) is 0 Å². The van der Waals surface area contributed by atoms with Gasteiger partial charge in [0.2, 0.25) is 0 Å². The van der Waals surface area contributed by atoms with E-state index in [0.29, 0.717) is 5.56 Å². The molecule has 138 valence electrons. The first kappa shape index (κ1) is 18.2. The molecule has 0 radical (unpaired) electrons. The normalized spacial score (nSPS) is 17.2. The number of hydrogen-bond acceptors (Lipinski definition) is 3. The first-order valence-electron chi connectivity index (χ1n) is 7.78. The number of carbonyl (C=O) groups excluding carboxylic acids is 1. The van der Waals surface area contributed by atoms with Crippen molar-refractivity contribution in [3.05, 3.63) is 65.2 Å². The molecule has 0 spiro atoms. The fraction of sp³-hybridized carbons (Fsp3) is 0.278. The molecule has 3 rings (SSSR count). The van der Waals surface area contributed by atoms with E-state index in [1.54, 1.807) is 24.3 Å². The molecule has 2 aromatic rings. The molecule has 1 aliphatic rings. The molecule has 0 fully saturated rings. The average Bonchev–Trinajstić information content (AvgIpc) is 2.61. The minimum absolute atomic E-state index is 0.0462. The van der Waals surface area contributed by atoms with Gasteiger partial charge in [0.15, 0.2) is 0 Å². The number of amides is 1. The Balaban J connectivity index is 1.88. The molecule has 26 heavy (non-hydrogen) atoms. The topological polar surface area (TPSA) is 49.8 Å². The summed E-state index contributed by atoms with van der Waals surface area (Å²) >= 11 is 0. The third kappa shape index (κ3) is 3.50. The molecule has 1 unspecified atom stereocenters. The molecule has 0 aromatic heterocycles. The van der Waals surface area contributed by atoms with Gasteiger partial charge < -0.3 is 14.7 Å². The van der Waals surface area contributed by atoms with E-state index in [1.807, 2.05) is 0 Å². The van der Waals surface area contributed by atoms with Gasteiger partial charge in [-0.2, -0.15) is 17.6 Å². The van der Waals surface area contributed by atoms with Crippen LogP contribution in [-0.2, 0) is 6.54 Å². The summed E-state index contributed by atoms with van der Waals surface area (Å²) in [5, 5.41) is 10.2. The summed E-state index contributed by atoms with van der Waals surface area (Å²) < 4.78 is 55.4. The zero-order valence-electron chi connectivity index (χ0n) is 13.4. The van der Waals surface area contributed by atoms with Crippen LogP contribution in [0.25, 0.3) is 0 Å². The lowest BCUT2D eigenvalue weighted by atomic mass is 9.97. The summed E-state index contributed by atoms with van der Waals surface area (Å²) in [6.07, 6.45) is -9.68. The number of para-hydroxylation sites is 1. The fourth-order valence-corrected chi connectivity index (χ4v) is 2.83. The summed E-state index contributed by atoms with van der Waals surface area (Å²) in [6, 6.07) is 11.9. The number of ether oxygens (including phenoxy) is 1. The van der Waals surface area contributed by atoms with Gasteiger partial charge in [-0.1, -0.05) is 36.4 Å². The Labute approximate surface area is 146 Å². The summed E-state index contributed by atoms with van der Waals surface area (Å²) in [6.45, 7) is 0.112. The predicted molar refractivity (Wildman–Crippen MR) is 84.2 cm³/mol. The van der Waals surface area contributed by atoms with Crippen LogP contribution >= 0.6 is 0 Å². The number of aliphatic hydroxyl groups excluding tert-OH is 1. The summed E-state index contributed by atoms with van der Waals surface area (Å²) in [5.41, 5.74) is 1.13. The first-order chi connectivity index (χ1) is 12.3. The van der Waals surface area contributed by atoms with Crippen LogP contribution in [0.5, 0.6) is 5.75 Å². The Bertz CT molecular complexity index is 813. The van der Waals surface area contributed by atoms with Gasteiger partial charge in [0.05, 0.1) is 18.2 Å². The van der Waals surface area contributed by atoms with Crippen LogP contribution in [0.1, 0.15) is 27.6 Å². The standard InChI is InChI=1S/C18H15F4NO3/c19-17(20)18(21,22)26-15-8-4-3-7-13(15)16(25)23-9-11-5-1-2-6-12(11)14(24)10-23/h1-8,14,17,24H,9-10H2.